The van der Waals surface area contributed by atoms with Gasteiger partial charge < -0.3 is 16.4 Å². The van der Waals surface area contributed by atoms with Gasteiger partial charge in [0.15, 0.2) is 0 Å². The first kappa shape index (κ1) is 11.5. The second-order valence-electron chi connectivity index (χ2n) is 3.23. The molecular weight excluding hydrogens is 150 g/mol. The van der Waals surface area contributed by atoms with Crippen molar-refractivity contribution in [3.63, 3.8) is 0 Å². The number of likely N-dealkylation sites (N-methyl/N-ethyl adjacent to an activating group) is 1. The second kappa shape index (κ2) is 6.03. The summed E-state index contributed by atoms with van der Waals surface area (Å²) in [6, 6.07) is 0. The average Bonchev–Trinajstić information content (AvgIpc) is 1.99. The standard InChI is InChI=1S/C9H21N3/c1-8(2)9(4-5-10)12(3)7-6-11/h4,8H,5-7,10-11H2,1-3H3/b9-4-. The van der Waals surface area contributed by atoms with Crippen molar-refractivity contribution in [2.45, 2.75) is 13.8 Å². The number of nitrogens with two attached hydrogens (primary N) is 2. The van der Waals surface area contributed by atoms with Crippen molar-refractivity contribution in [3.8, 4) is 0 Å². The first-order chi connectivity index (χ1) is 5.63. The summed E-state index contributed by atoms with van der Waals surface area (Å²) in [5.41, 5.74) is 12.2. The minimum atomic E-state index is 0.519. The summed E-state index contributed by atoms with van der Waals surface area (Å²) in [4.78, 5) is 2.16. The van der Waals surface area contributed by atoms with E-state index in [0.29, 0.717) is 19.0 Å². The Kier molecular flexibility index (Phi) is 5.76. The van der Waals surface area contributed by atoms with Crippen molar-refractivity contribution < 1.29 is 0 Å². The van der Waals surface area contributed by atoms with Crippen LogP contribution in [0.25, 0.3) is 0 Å². The molecule has 0 bridgehead atoms. The van der Waals surface area contributed by atoms with Crippen molar-refractivity contribution >= 4 is 0 Å². The Bertz CT molecular complexity index is 141. The molecule has 0 aromatic carbocycles. The number of hydrogen-bond donors (Lipinski definition) is 2. The molecule has 0 saturated heterocycles. The molecule has 12 heavy (non-hydrogen) atoms. The monoisotopic (exact) mass is 171 g/mol. The number of rotatable bonds is 5. The highest BCUT2D eigenvalue weighted by molar-refractivity contribution is 5.03. The first-order valence-electron chi connectivity index (χ1n) is 4.44. The summed E-state index contributed by atoms with van der Waals surface area (Å²) < 4.78 is 0. The van der Waals surface area contributed by atoms with E-state index in [9.17, 15) is 0 Å². The predicted octanol–water partition coefficient (Wildman–Crippen LogP) is 0.376. The van der Waals surface area contributed by atoms with Crippen LogP contribution in [-0.2, 0) is 0 Å². The molecule has 0 unspecified atom stereocenters. The molecule has 0 spiro atoms. The van der Waals surface area contributed by atoms with Crippen LogP contribution < -0.4 is 11.5 Å². The van der Waals surface area contributed by atoms with Crippen molar-refractivity contribution in [1.29, 1.82) is 0 Å². The molecule has 0 aliphatic heterocycles. The van der Waals surface area contributed by atoms with Crippen molar-refractivity contribution in [3.05, 3.63) is 11.8 Å². The summed E-state index contributed by atoms with van der Waals surface area (Å²) in [6.07, 6.45) is 2.06. The molecule has 0 atom stereocenters. The third-order valence-electron chi connectivity index (χ3n) is 1.82. The Balaban J connectivity index is 4.19. The molecule has 0 radical (unpaired) electrons. The first-order valence-corrected chi connectivity index (χ1v) is 4.44. The molecule has 0 aliphatic carbocycles. The molecule has 0 saturated carbocycles. The van der Waals surface area contributed by atoms with E-state index in [2.05, 4.69) is 24.8 Å². The SMILES string of the molecule is CC(C)/C(=C/CN)N(C)CCN. The Morgan fingerprint density at radius 2 is 2.00 bits per heavy atom. The van der Waals surface area contributed by atoms with E-state index >= 15 is 0 Å². The summed E-state index contributed by atoms with van der Waals surface area (Å²) in [6.45, 7) is 6.50. The summed E-state index contributed by atoms with van der Waals surface area (Å²) in [7, 11) is 2.05. The molecule has 0 fully saturated rings. The Morgan fingerprint density at radius 3 is 2.33 bits per heavy atom. The molecule has 4 N–H and O–H groups in total. The topological polar surface area (TPSA) is 55.3 Å². The largest absolute Gasteiger partial charge is 0.377 e. The lowest BCUT2D eigenvalue weighted by Crippen LogP contribution is -2.27. The van der Waals surface area contributed by atoms with Gasteiger partial charge in [-0.25, -0.2) is 0 Å². The molecule has 0 aromatic rings. The Labute approximate surface area is 75.4 Å². The van der Waals surface area contributed by atoms with Crippen LogP contribution in [0, 0.1) is 5.92 Å². The van der Waals surface area contributed by atoms with Gasteiger partial charge in [0.05, 0.1) is 0 Å². The van der Waals surface area contributed by atoms with Gasteiger partial charge in [0.1, 0.15) is 0 Å². The maximum atomic E-state index is 5.47. The average molecular weight is 171 g/mol. The van der Waals surface area contributed by atoms with Crippen LogP contribution in [0.5, 0.6) is 0 Å². The van der Waals surface area contributed by atoms with Crippen molar-refractivity contribution in [1.82, 2.24) is 4.90 Å². The number of nitrogens with zero attached hydrogens (tertiary/aromatic N) is 1. The molecule has 0 rings (SSSR count). The molecule has 72 valence electrons. The highest BCUT2D eigenvalue weighted by Crippen LogP contribution is 2.11. The number of allylic oxidation sites excluding steroid dienone is 1. The van der Waals surface area contributed by atoms with Gasteiger partial charge in [-0.1, -0.05) is 19.9 Å². The van der Waals surface area contributed by atoms with Crippen LogP contribution in [-0.4, -0.2) is 31.6 Å². The van der Waals surface area contributed by atoms with Gasteiger partial charge in [-0.3, -0.25) is 0 Å². The van der Waals surface area contributed by atoms with Gasteiger partial charge >= 0.3 is 0 Å². The predicted molar refractivity (Wildman–Crippen MR) is 53.7 cm³/mol. The lowest BCUT2D eigenvalue weighted by molar-refractivity contribution is 0.381. The van der Waals surface area contributed by atoms with Crippen LogP contribution in [0.3, 0.4) is 0 Å². The van der Waals surface area contributed by atoms with Gasteiger partial charge in [-0.15, -0.1) is 0 Å². The van der Waals surface area contributed by atoms with Crippen molar-refractivity contribution in [2.24, 2.45) is 17.4 Å². The molecule has 0 amide bonds. The summed E-state index contributed by atoms with van der Waals surface area (Å²) in [5.74, 6) is 0.519. The molecule has 0 heterocycles. The van der Waals surface area contributed by atoms with E-state index in [-0.39, 0.29) is 0 Å². The van der Waals surface area contributed by atoms with Gasteiger partial charge in [0.2, 0.25) is 0 Å². The molecular formula is C9H21N3. The van der Waals surface area contributed by atoms with Gasteiger partial charge in [-0.2, -0.15) is 0 Å². The normalized spacial score (nSPS) is 12.3. The fourth-order valence-corrected chi connectivity index (χ4v) is 1.28. The number of hydrogen-bond acceptors (Lipinski definition) is 3. The van der Waals surface area contributed by atoms with Crippen LogP contribution in [0.4, 0.5) is 0 Å². The van der Waals surface area contributed by atoms with E-state index in [1.807, 2.05) is 7.05 Å². The van der Waals surface area contributed by atoms with E-state index in [1.54, 1.807) is 0 Å². The van der Waals surface area contributed by atoms with Crippen molar-refractivity contribution in [2.75, 3.05) is 26.7 Å². The van der Waals surface area contributed by atoms with E-state index in [0.717, 1.165) is 6.54 Å². The summed E-state index contributed by atoms with van der Waals surface area (Å²) >= 11 is 0. The fourth-order valence-electron chi connectivity index (χ4n) is 1.28. The van der Waals surface area contributed by atoms with E-state index in [1.165, 1.54) is 5.70 Å². The zero-order valence-corrected chi connectivity index (χ0v) is 8.38. The fraction of sp³-hybridized carbons (Fsp3) is 0.778. The third-order valence-corrected chi connectivity index (χ3v) is 1.82. The van der Waals surface area contributed by atoms with Crippen LogP contribution in [0.15, 0.2) is 11.8 Å². The van der Waals surface area contributed by atoms with Crippen LogP contribution >= 0.6 is 0 Å². The highest BCUT2D eigenvalue weighted by atomic mass is 15.1. The smallest absolute Gasteiger partial charge is 0.0294 e. The van der Waals surface area contributed by atoms with Crippen LogP contribution in [0.1, 0.15) is 13.8 Å². The molecule has 3 heteroatoms. The minimum absolute atomic E-state index is 0.519. The Hall–Kier alpha value is -0.540. The Morgan fingerprint density at radius 1 is 1.42 bits per heavy atom. The minimum Gasteiger partial charge on any atom is -0.377 e. The highest BCUT2D eigenvalue weighted by Gasteiger charge is 2.06. The lowest BCUT2D eigenvalue weighted by atomic mass is 10.1. The molecule has 0 aliphatic rings. The molecule has 0 aromatic heterocycles. The second-order valence-corrected chi connectivity index (χ2v) is 3.23. The lowest BCUT2D eigenvalue weighted by Gasteiger charge is -2.24. The third kappa shape index (κ3) is 3.74. The van der Waals surface area contributed by atoms with E-state index in [4.69, 9.17) is 11.5 Å². The zero-order valence-electron chi connectivity index (χ0n) is 8.38. The quantitative estimate of drug-likeness (QED) is 0.628. The van der Waals surface area contributed by atoms with Gasteiger partial charge in [0.25, 0.3) is 0 Å². The zero-order chi connectivity index (χ0) is 9.56. The maximum absolute atomic E-state index is 5.47. The summed E-state index contributed by atoms with van der Waals surface area (Å²) in [5, 5.41) is 0. The maximum Gasteiger partial charge on any atom is 0.0294 e. The van der Waals surface area contributed by atoms with Crippen LogP contribution in [0.2, 0.25) is 0 Å². The van der Waals surface area contributed by atoms with E-state index < -0.39 is 0 Å². The van der Waals surface area contributed by atoms with Gasteiger partial charge in [0, 0.05) is 32.4 Å². The van der Waals surface area contributed by atoms with Gasteiger partial charge in [-0.05, 0) is 5.92 Å². The molecule has 3 nitrogen and oxygen atoms in total.